The fourth-order valence-corrected chi connectivity index (χ4v) is 2.80. The maximum Gasteiger partial charge on any atom is 0.154 e. The molecule has 2 atom stereocenters. The molecular weight excluding hydrogens is 246 g/mol. The van der Waals surface area contributed by atoms with Crippen molar-refractivity contribution in [2.24, 2.45) is 5.73 Å². The van der Waals surface area contributed by atoms with E-state index in [0.717, 1.165) is 5.56 Å². The van der Waals surface area contributed by atoms with Gasteiger partial charge in [0.15, 0.2) is 9.84 Å². The standard InChI is InChI=1S/C11H16ClNO2S/c1-3-16(14,15)8(2)11(13)9-5-4-6-10(12)7-9/h4-8,11H,3,13H2,1-2H3/t8-,11-/m0/s1. The van der Waals surface area contributed by atoms with Gasteiger partial charge in [-0.3, -0.25) is 0 Å². The van der Waals surface area contributed by atoms with Crippen LogP contribution in [0.3, 0.4) is 0 Å². The molecule has 0 aliphatic carbocycles. The summed E-state index contributed by atoms with van der Waals surface area (Å²) in [6.45, 7) is 3.25. The largest absolute Gasteiger partial charge is 0.323 e. The lowest BCUT2D eigenvalue weighted by Gasteiger charge is -2.20. The fourth-order valence-electron chi connectivity index (χ4n) is 1.47. The molecule has 0 spiro atoms. The van der Waals surface area contributed by atoms with Crippen molar-refractivity contribution in [2.75, 3.05) is 5.75 Å². The molecule has 0 radical (unpaired) electrons. The molecule has 0 unspecified atom stereocenters. The van der Waals surface area contributed by atoms with Gasteiger partial charge in [-0.25, -0.2) is 8.42 Å². The van der Waals surface area contributed by atoms with Gasteiger partial charge in [0.25, 0.3) is 0 Å². The van der Waals surface area contributed by atoms with E-state index in [9.17, 15) is 8.42 Å². The second-order valence-corrected chi connectivity index (χ2v) is 6.82. The summed E-state index contributed by atoms with van der Waals surface area (Å²) in [5.74, 6) is 0.0996. The number of nitrogens with two attached hydrogens (primary N) is 1. The lowest BCUT2D eigenvalue weighted by molar-refractivity contribution is 0.566. The number of hydrogen-bond acceptors (Lipinski definition) is 3. The predicted molar refractivity (Wildman–Crippen MR) is 67.3 cm³/mol. The maximum atomic E-state index is 11.7. The van der Waals surface area contributed by atoms with Crippen LogP contribution >= 0.6 is 11.6 Å². The third-order valence-corrected chi connectivity index (χ3v) is 5.17. The normalized spacial score (nSPS) is 15.8. The lowest BCUT2D eigenvalue weighted by atomic mass is 10.1. The van der Waals surface area contributed by atoms with Crippen LogP contribution in [0.4, 0.5) is 0 Å². The highest BCUT2D eigenvalue weighted by Crippen LogP contribution is 2.22. The van der Waals surface area contributed by atoms with Crippen molar-refractivity contribution in [2.45, 2.75) is 25.1 Å². The van der Waals surface area contributed by atoms with Crippen LogP contribution in [0.15, 0.2) is 24.3 Å². The van der Waals surface area contributed by atoms with Gasteiger partial charge in [0.05, 0.1) is 5.25 Å². The zero-order valence-corrected chi connectivity index (χ0v) is 10.9. The topological polar surface area (TPSA) is 60.2 Å². The van der Waals surface area contributed by atoms with E-state index in [2.05, 4.69) is 0 Å². The van der Waals surface area contributed by atoms with E-state index in [4.69, 9.17) is 17.3 Å². The molecule has 2 N–H and O–H groups in total. The van der Waals surface area contributed by atoms with Crippen molar-refractivity contribution in [3.8, 4) is 0 Å². The van der Waals surface area contributed by atoms with E-state index in [-0.39, 0.29) is 5.75 Å². The summed E-state index contributed by atoms with van der Waals surface area (Å²) in [5.41, 5.74) is 6.68. The highest BCUT2D eigenvalue weighted by molar-refractivity contribution is 7.92. The predicted octanol–water partition coefficient (Wildman–Crippen LogP) is 2.16. The van der Waals surface area contributed by atoms with Gasteiger partial charge in [0, 0.05) is 16.8 Å². The second kappa shape index (κ2) is 5.17. The SMILES string of the molecule is CCS(=O)(=O)[C@@H](C)[C@H](N)c1cccc(Cl)c1. The van der Waals surface area contributed by atoms with Crippen molar-refractivity contribution in [1.29, 1.82) is 0 Å². The van der Waals surface area contributed by atoms with Crippen LogP contribution in [0.25, 0.3) is 0 Å². The zero-order chi connectivity index (χ0) is 12.3. The number of rotatable bonds is 4. The van der Waals surface area contributed by atoms with Crippen molar-refractivity contribution in [1.82, 2.24) is 0 Å². The van der Waals surface area contributed by atoms with E-state index >= 15 is 0 Å². The first-order valence-corrected chi connectivity index (χ1v) is 7.20. The first-order chi connectivity index (χ1) is 7.38. The fraction of sp³-hybridized carbons (Fsp3) is 0.455. The molecule has 16 heavy (non-hydrogen) atoms. The average Bonchev–Trinajstić information content (AvgIpc) is 2.27. The van der Waals surface area contributed by atoms with Crippen LogP contribution in [0, 0.1) is 0 Å². The van der Waals surface area contributed by atoms with Gasteiger partial charge in [-0.15, -0.1) is 0 Å². The Labute approximate surface area is 102 Å². The Hall–Kier alpha value is -0.580. The van der Waals surface area contributed by atoms with Gasteiger partial charge in [-0.1, -0.05) is 30.7 Å². The molecule has 1 aromatic rings. The minimum absolute atomic E-state index is 0.0996. The van der Waals surface area contributed by atoms with Crippen molar-refractivity contribution in [3.05, 3.63) is 34.9 Å². The zero-order valence-electron chi connectivity index (χ0n) is 9.35. The van der Waals surface area contributed by atoms with Crippen molar-refractivity contribution in [3.63, 3.8) is 0 Å². The number of halogens is 1. The average molecular weight is 262 g/mol. The Balaban J connectivity index is 2.99. The lowest BCUT2D eigenvalue weighted by Crippen LogP contribution is -2.32. The molecule has 0 bridgehead atoms. The van der Waals surface area contributed by atoms with E-state index in [0.29, 0.717) is 5.02 Å². The van der Waals surface area contributed by atoms with Crippen LogP contribution in [0.2, 0.25) is 5.02 Å². The molecule has 0 aliphatic heterocycles. The molecule has 0 heterocycles. The quantitative estimate of drug-likeness (QED) is 0.904. The number of benzene rings is 1. The molecule has 0 aliphatic rings. The molecule has 0 saturated carbocycles. The summed E-state index contributed by atoms with van der Waals surface area (Å²) in [6.07, 6.45) is 0. The van der Waals surface area contributed by atoms with Crippen LogP contribution in [0.5, 0.6) is 0 Å². The van der Waals surface area contributed by atoms with Crippen LogP contribution in [0.1, 0.15) is 25.5 Å². The highest BCUT2D eigenvalue weighted by Gasteiger charge is 2.26. The Bertz CT molecular complexity index is 459. The minimum atomic E-state index is -3.13. The summed E-state index contributed by atoms with van der Waals surface area (Å²) >= 11 is 5.84. The van der Waals surface area contributed by atoms with E-state index in [1.54, 1.807) is 38.1 Å². The monoisotopic (exact) mass is 261 g/mol. The van der Waals surface area contributed by atoms with Crippen LogP contribution in [-0.4, -0.2) is 19.4 Å². The van der Waals surface area contributed by atoms with Crippen molar-refractivity contribution < 1.29 is 8.42 Å². The molecule has 1 aromatic carbocycles. The van der Waals surface area contributed by atoms with Gasteiger partial charge in [0.1, 0.15) is 0 Å². The number of hydrogen-bond donors (Lipinski definition) is 1. The summed E-state index contributed by atoms with van der Waals surface area (Å²) in [5, 5.41) is -0.0370. The van der Waals surface area contributed by atoms with Gasteiger partial charge < -0.3 is 5.73 Å². The highest BCUT2D eigenvalue weighted by atomic mass is 35.5. The van der Waals surface area contributed by atoms with Crippen LogP contribution < -0.4 is 5.73 Å². The smallest absolute Gasteiger partial charge is 0.154 e. The first-order valence-electron chi connectivity index (χ1n) is 5.11. The number of sulfone groups is 1. The van der Waals surface area contributed by atoms with Gasteiger partial charge >= 0.3 is 0 Å². The third kappa shape index (κ3) is 2.97. The van der Waals surface area contributed by atoms with Crippen molar-refractivity contribution >= 4 is 21.4 Å². The Kier molecular flexibility index (Phi) is 4.35. The van der Waals surface area contributed by atoms with Gasteiger partial charge in [0.2, 0.25) is 0 Å². The molecule has 0 aromatic heterocycles. The summed E-state index contributed by atoms with van der Waals surface area (Å²) < 4.78 is 23.4. The van der Waals surface area contributed by atoms with Crippen LogP contribution in [-0.2, 0) is 9.84 Å². The molecule has 0 saturated heterocycles. The summed E-state index contributed by atoms with van der Waals surface area (Å²) in [7, 11) is -3.13. The summed E-state index contributed by atoms with van der Waals surface area (Å²) in [6, 6.07) is 6.45. The molecule has 90 valence electrons. The van der Waals surface area contributed by atoms with E-state index in [1.165, 1.54) is 0 Å². The van der Waals surface area contributed by atoms with Gasteiger partial charge in [-0.05, 0) is 24.6 Å². The molecule has 0 fully saturated rings. The molecular formula is C11H16ClNO2S. The van der Waals surface area contributed by atoms with E-state index in [1.807, 2.05) is 0 Å². The Morgan fingerprint density at radius 2 is 2.06 bits per heavy atom. The Morgan fingerprint density at radius 1 is 1.44 bits per heavy atom. The third-order valence-electron chi connectivity index (χ3n) is 2.71. The summed E-state index contributed by atoms with van der Waals surface area (Å²) in [4.78, 5) is 0. The molecule has 1 rings (SSSR count). The molecule has 5 heteroatoms. The Morgan fingerprint density at radius 3 is 2.56 bits per heavy atom. The van der Waals surface area contributed by atoms with Gasteiger partial charge in [-0.2, -0.15) is 0 Å². The second-order valence-electron chi connectivity index (χ2n) is 3.74. The van der Waals surface area contributed by atoms with E-state index < -0.39 is 21.1 Å². The minimum Gasteiger partial charge on any atom is -0.323 e. The maximum absolute atomic E-state index is 11.7. The molecule has 3 nitrogen and oxygen atoms in total. The first kappa shape index (κ1) is 13.5. The molecule has 0 amide bonds.